The SMILES string of the molecule is O=C1NCC2C=CC=CC2N1. The molecule has 2 aliphatic rings. The molecule has 1 aliphatic heterocycles. The van der Waals surface area contributed by atoms with Crippen LogP contribution < -0.4 is 10.6 Å². The van der Waals surface area contributed by atoms with Crippen LogP contribution in [-0.2, 0) is 0 Å². The van der Waals surface area contributed by atoms with Gasteiger partial charge in [0.15, 0.2) is 0 Å². The van der Waals surface area contributed by atoms with E-state index in [1.807, 2.05) is 18.2 Å². The fourth-order valence-corrected chi connectivity index (χ4v) is 1.42. The van der Waals surface area contributed by atoms with E-state index in [4.69, 9.17) is 0 Å². The predicted octanol–water partition coefficient (Wildman–Crippen LogP) is 0.410. The predicted molar refractivity (Wildman–Crippen MR) is 42.1 cm³/mol. The largest absolute Gasteiger partial charge is 0.337 e. The van der Waals surface area contributed by atoms with Crippen LogP contribution >= 0.6 is 0 Å². The lowest BCUT2D eigenvalue weighted by Gasteiger charge is -2.30. The number of hydrogen-bond donors (Lipinski definition) is 2. The van der Waals surface area contributed by atoms with Crippen molar-refractivity contribution < 1.29 is 4.79 Å². The lowest BCUT2D eigenvalue weighted by molar-refractivity contribution is 0.226. The van der Waals surface area contributed by atoms with Crippen LogP contribution in [0.3, 0.4) is 0 Å². The van der Waals surface area contributed by atoms with E-state index >= 15 is 0 Å². The summed E-state index contributed by atoms with van der Waals surface area (Å²) in [6.45, 7) is 0.747. The molecular formula is C8H10N2O. The van der Waals surface area contributed by atoms with Gasteiger partial charge in [0.05, 0.1) is 6.04 Å². The first-order chi connectivity index (χ1) is 5.36. The minimum atomic E-state index is -0.0637. The minimum absolute atomic E-state index is 0.0637. The second-order valence-corrected chi connectivity index (χ2v) is 2.81. The van der Waals surface area contributed by atoms with Crippen molar-refractivity contribution in [2.24, 2.45) is 5.92 Å². The highest BCUT2D eigenvalue weighted by Crippen LogP contribution is 2.13. The molecule has 0 radical (unpaired) electrons. The highest BCUT2D eigenvalue weighted by atomic mass is 16.2. The Morgan fingerprint density at radius 3 is 3.09 bits per heavy atom. The molecule has 11 heavy (non-hydrogen) atoms. The first kappa shape index (κ1) is 6.46. The van der Waals surface area contributed by atoms with Gasteiger partial charge in [-0.1, -0.05) is 24.3 Å². The molecule has 2 N–H and O–H groups in total. The second-order valence-electron chi connectivity index (χ2n) is 2.81. The Hall–Kier alpha value is -1.25. The smallest absolute Gasteiger partial charge is 0.315 e. The van der Waals surface area contributed by atoms with E-state index in [0.29, 0.717) is 5.92 Å². The van der Waals surface area contributed by atoms with Crippen LogP contribution in [0.25, 0.3) is 0 Å². The van der Waals surface area contributed by atoms with E-state index in [9.17, 15) is 4.79 Å². The fraction of sp³-hybridized carbons (Fsp3) is 0.375. The van der Waals surface area contributed by atoms with Gasteiger partial charge >= 0.3 is 6.03 Å². The number of carbonyl (C=O) groups is 1. The maximum absolute atomic E-state index is 10.8. The Labute approximate surface area is 65.2 Å². The van der Waals surface area contributed by atoms with Gasteiger partial charge in [-0.15, -0.1) is 0 Å². The highest BCUT2D eigenvalue weighted by Gasteiger charge is 2.24. The van der Waals surface area contributed by atoms with Gasteiger partial charge in [0, 0.05) is 12.5 Å². The van der Waals surface area contributed by atoms with Gasteiger partial charge < -0.3 is 10.6 Å². The average Bonchev–Trinajstić information content (AvgIpc) is 2.04. The molecule has 1 saturated heterocycles. The van der Waals surface area contributed by atoms with Gasteiger partial charge in [-0.3, -0.25) is 0 Å². The molecule has 1 heterocycles. The Morgan fingerprint density at radius 1 is 1.36 bits per heavy atom. The van der Waals surface area contributed by atoms with Crippen LogP contribution in [0.15, 0.2) is 24.3 Å². The van der Waals surface area contributed by atoms with Crippen molar-refractivity contribution in [2.45, 2.75) is 6.04 Å². The summed E-state index contributed by atoms with van der Waals surface area (Å²) in [5.74, 6) is 0.428. The zero-order chi connectivity index (χ0) is 7.68. The molecule has 1 fully saturated rings. The number of hydrogen-bond acceptors (Lipinski definition) is 1. The summed E-state index contributed by atoms with van der Waals surface area (Å²) in [4.78, 5) is 10.8. The summed E-state index contributed by atoms with van der Waals surface area (Å²) in [5.41, 5.74) is 0. The van der Waals surface area contributed by atoms with E-state index in [1.165, 1.54) is 0 Å². The molecule has 2 atom stereocenters. The van der Waals surface area contributed by atoms with Gasteiger partial charge in [-0.05, 0) is 0 Å². The number of fused-ring (bicyclic) bond motifs is 1. The molecule has 0 spiro atoms. The van der Waals surface area contributed by atoms with Crippen molar-refractivity contribution in [1.29, 1.82) is 0 Å². The van der Waals surface area contributed by atoms with E-state index in [1.54, 1.807) is 0 Å². The van der Waals surface area contributed by atoms with Gasteiger partial charge in [-0.25, -0.2) is 4.79 Å². The normalized spacial score (nSPS) is 34.0. The van der Waals surface area contributed by atoms with Crippen molar-refractivity contribution >= 4 is 6.03 Å². The van der Waals surface area contributed by atoms with E-state index in [2.05, 4.69) is 16.7 Å². The second kappa shape index (κ2) is 2.42. The standard InChI is InChI=1S/C8H10N2O/c11-8-9-5-6-3-1-2-4-7(6)10-8/h1-4,6-7H,5H2,(H2,9,10,11). The number of allylic oxidation sites excluding steroid dienone is 2. The highest BCUT2D eigenvalue weighted by molar-refractivity contribution is 5.75. The number of nitrogens with one attached hydrogen (secondary N) is 2. The monoisotopic (exact) mass is 150 g/mol. The number of urea groups is 1. The molecule has 3 nitrogen and oxygen atoms in total. The molecule has 1 aliphatic carbocycles. The third-order valence-electron chi connectivity index (χ3n) is 2.05. The molecule has 2 amide bonds. The fourth-order valence-electron chi connectivity index (χ4n) is 1.42. The van der Waals surface area contributed by atoms with Crippen LogP contribution in [0, 0.1) is 5.92 Å². The zero-order valence-electron chi connectivity index (χ0n) is 6.08. The van der Waals surface area contributed by atoms with Crippen LogP contribution in [0.1, 0.15) is 0 Å². The molecule has 0 aromatic heterocycles. The first-order valence-corrected chi connectivity index (χ1v) is 3.75. The molecule has 58 valence electrons. The van der Waals surface area contributed by atoms with E-state index in [-0.39, 0.29) is 12.1 Å². The van der Waals surface area contributed by atoms with Crippen LogP contribution in [-0.4, -0.2) is 18.6 Å². The topological polar surface area (TPSA) is 41.1 Å². The first-order valence-electron chi connectivity index (χ1n) is 3.75. The van der Waals surface area contributed by atoms with E-state index < -0.39 is 0 Å². The van der Waals surface area contributed by atoms with Crippen molar-refractivity contribution in [2.75, 3.05) is 6.54 Å². The van der Waals surface area contributed by atoms with Crippen molar-refractivity contribution in [3.8, 4) is 0 Å². The summed E-state index contributed by atoms with van der Waals surface area (Å²) in [7, 11) is 0. The third-order valence-corrected chi connectivity index (χ3v) is 2.05. The molecule has 2 rings (SSSR count). The van der Waals surface area contributed by atoms with Gasteiger partial charge in [-0.2, -0.15) is 0 Å². The van der Waals surface area contributed by atoms with Crippen LogP contribution in [0.4, 0.5) is 4.79 Å². The van der Waals surface area contributed by atoms with Crippen LogP contribution in [0.2, 0.25) is 0 Å². The van der Waals surface area contributed by atoms with Crippen LogP contribution in [0.5, 0.6) is 0 Å². The summed E-state index contributed by atoms with van der Waals surface area (Å²) in [6.07, 6.45) is 8.10. The molecule has 0 bridgehead atoms. The summed E-state index contributed by atoms with van der Waals surface area (Å²) >= 11 is 0. The maximum atomic E-state index is 10.8. The number of amides is 2. The zero-order valence-corrected chi connectivity index (χ0v) is 6.08. The van der Waals surface area contributed by atoms with Gasteiger partial charge in [0.2, 0.25) is 0 Å². The molecular weight excluding hydrogens is 140 g/mol. The van der Waals surface area contributed by atoms with Crippen molar-refractivity contribution in [1.82, 2.24) is 10.6 Å². The summed E-state index contributed by atoms with van der Waals surface area (Å²) in [6, 6.07) is 0.139. The summed E-state index contributed by atoms with van der Waals surface area (Å²) in [5, 5.41) is 5.58. The Morgan fingerprint density at radius 2 is 2.18 bits per heavy atom. The van der Waals surface area contributed by atoms with Gasteiger partial charge in [0.25, 0.3) is 0 Å². The Bertz CT molecular complexity index is 232. The number of rotatable bonds is 0. The Kier molecular flexibility index (Phi) is 1.42. The molecule has 0 aromatic rings. The molecule has 0 saturated carbocycles. The average molecular weight is 150 g/mol. The molecule has 0 aromatic carbocycles. The lowest BCUT2D eigenvalue weighted by Crippen LogP contribution is -2.53. The van der Waals surface area contributed by atoms with E-state index in [0.717, 1.165) is 6.54 Å². The maximum Gasteiger partial charge on any atom is 0.315 e. The summed E-state index contributed by atoms with van der Waals surface area (Å²) < 4.78 is 0. The molecule has 3 heteroatoms. The van der Waals surface area contributed by atoms with Crippen molar-refractivity contribution in [3.63, 3.8) is 0 Å². The van der Waals surface area contributed by atoms with Gasteiger partial charge in [0.1, 0.15) is 0 Å². The lowest BCUT2D eigenvalue weighted by atomic mass is 9.94. The molecule has 2 unspecified atom stereocenters. The third kappa shape index (κ3) is 1.13. The number of carbonyl (C=O) groups excluding carboxylic acids is 1. The minimum Gasteiger partial charge on any atom is -0.337 e. The Balaban J connectivity index is 2.12. The van der Waals surface area contributed by atoms with Crippen molar-refractivity contribution in [3.05, 3.63) is 24.3 Å². The quantitative estimate of drug-likeness (QED) is 0.516.